The van der Waals surface area contributed by atoms with E-state index in [4.69, 9.17) is 5.11 Å². The maximum atomic E-state index is 11.5. The van der Waals surface area contributed by atoms with E-state index >= 15 is 0 Å². The van der Waals surface area contributed by atoms with E-state index < -0.39 is 12.0 Å². The number of aryl methyl sites for hydroxylation is 1. The molecule has 2 amide bonds. The van der Waals surface area contributed by atoms with E-state index in [1.807, 2.05) is 0 Å². The normalized spacial score (nSPS) is 19.4. The lowest BCUT2D eigenvalue weighted by Gasteiger charge is -2.31. The Morgan fingerprint density at radius 3 is 3.05 bits per heavy atom. The highest BCUT2D eigenvalue weighted by Crippen LogP contribution is 2.24. The number of piperazine rings is 1. The molecule has 2 N–H and O–H groups in total. The van der Waals surface area contributed by atoms with Crippen LogP contribution >= 0.6 is 11.3 Å². The minimum atomic E-state index is -0.879. The Morgan fingerprint density at radius 1 is 1.63 bits per heavy atom. The Balaban J connectivity index is 2.10. The summed E-state index contributed by atoms with van der Waals surface area (Å²) in [5.74, 6) is -1.58. The zero-order chi connectivity index (χ0) is 14.0. The highest BCUT2D eigenvalue weighted by molar-refractivity contribution is 7.13. The number of amides is 2. The van der Waals surface area contributed by atoms with Crippen LogP contribution in [0.4, 0.5) is 5.13 Å². The van der Waals surface area contributed by atoms with Crippen molar-refractivity contribution < 1.29 is 19.5 Å². The minimum absolute atomic E-state index is 0.0120. The molecule has 0 bridgehead atoms. The number of hydrogen-bond acceptors (Lipinski definition) is 6. The molecule has 0 spiro atoms. The van der Waals surface area contributed by atoms with Gasteiger partial charge in [-0.15, -0.1) is 11.3 Å². The van der Waals surface area contributed by atoms with Gasteiger partial charge in [-0.2, -0.15) is 0 Å². The molecule has 1 unspecified atom stereocenters. The lowest BCUT2D eigenvalue weighted by atomic mass is 10.2. The van der Waals surface area contributed by atoms with Crippen molar-refractivity contribution in [2.75, 3.05) is 11.4 Å². The monoisotopic (exact) mass is 283 g/mol. The Morgan fingerprint density at radius 2 is 2.37 bits per heavy atom. The van der Waals surface area contributed by atoms with Crippen molar-refractivity contribution in [2.45, 2.75) is 25.8 Å². The van der Waals surface area contributed by atoms with Crippen molar-refractivity contribution in [2.24, 2.45) is 0 Å². The number of carbonyl (C=O) groups excluding carboxylic acids is 2. The smallest absolute Gasteiger partial charge is 0.303 e. The molecule has 0 saturated carbocycles. The van der Waals surface area contributed by atoms with Gasteiger partial charge in [0.25, 0.3) is 0 Å². The second-order valence-electron chi connectivity index (χ2n) is 4.23. The summed E-state index contributed by atoms with van der Waals surface area (Å²) in [6.45, 7) is 1.78. The number of aliphatic carboxylic acids is 1. The molecule has 1 aromatic rings. The number of carboxylic acid groups (broad SMARTS) is 1. The van der Waals surface area contributed by atoms with E-state index in [9.17, 15) is 14.4 Å². The molecule has 2 heterocycles. The number of hydrogen-bond donors (Lipinski definition) is 2. The van der Waals surface area contributed by atoms with Gasteiger partial charge in [0.1, 0.15) is 12.6 Å². The van der Waals surface area contributed by atoms with Gasteiger partial charge in [-0.25, -0.2) is 4.98 Å². The fraction of sp³-hybridized carbons (Fsp3) is 0.455. The number of nitrogens with one attached hydrogen (secondary N) is 1. The lowest BCUT2D eigenvalue weighted by Crippen LogP contribution is -2.57. The summed E-state index contributed by atoms with van der Waals surface area (Å²) in [4.78, 5) is 39.3. The number of carboxylic acids is 1. The molecule has 102 valence electrons. The summed E-state index contributed by atoms with van der Waals surface area (Å²) >= 11 is 1.31. The van der Waals surface area contributed by atoms with Crippen LogP contribution in [0.2, 0.25) is 0 Å². The number of imide groups is 1. The molecule has 1 aromatic heterocycles. The average Bonchev–Trinajstić information content (AvgIpc) is 2.79. The van der Waals surface area contributed by atoms with E-state index in [0.717, 1.165) is 0 Å². The van der Waals surface area contributed by atoms with Gasteiger partial charge in [-0.3, -0.25) is 19.7 Å². The molecule has 1 saturated heterocycles. The zero-order valence-corrected chi connectivity index (χ0v) is 11.1. The van der Waals surface area contributed by atoms with E-state index in [1.165, 1.54) is 11.3 Å². The van der Waals surface area contributed by atoms with Gasteiger partial charge in [0.2, 0.25) is 11.8 Å². The quantitative estimate of drug-likeness (QED) is 0.755. The van der Waals surface area contributed by atoms with E-state index in [-0.39, 0.29) is 24.8 Å². The minimum Gasteiger partial charge on any atom is -0.481 e. The maximum absolute atomic E-state index is 11.5. The van der Waals surface area contributed by atoms with Gasteiger partial charge in [0.05, 0.1) is 12.1 Å². The summed E-state index contributed by atoms with van der Waals surface area (Å²) < 4.78 is 0. The summed E-state index contributed by atoms with van der Waals surface area (Å²) in [6, 6.07) is -0.462. The van der Waals surface area contributed by atoms with Gasteiger partial charge in [-0.1, -0.05) is 0 Å². The summed E-state index contributed by atoms with van der Waals surface area (Å²) in [7, 11) is 0. The molecule has 1 aliphatic heterocycles. The number of nitrogens with zero attached hydrogens (tertiary/aromatic N) is 2. The number of thiazole rings is 1. The molecule has 0 aliphatic carbocycles. The third kappa shape index (κ3) is 3.08. The first kappa shape index (κ1) is 13.5. The summed E-state index contributed by atoms with van der Waals surface area (Å²) in [5, 5.41) is 13.2. The Kier molecular flexibility index (Phi) is 3.79. The number of rotatable bonds is 4. The van der Waals surface area contributed by atoms with Crippen LogP contribution in [0.25, 0.3) is 0 Å². The molecular weight excluding hydrogens is 270 g/mol. The zero-order valence-electron chi connectivity index (χ0n) is 10.3. The molecule has 1 fully saturated rings. The fourth-order valence-electron chi connectivity index (χ4n) is 1.73. The van der Waals surface area contributed by atoms with Crippen molar-refractivity contribution >= 4 is 34.3 Å². The standard InChI is InChI=1S/C11H13N3O4S/c1-6-10(18)13-8(15)4-14(6)11-12-7(5-19-11)2-3-9(16)17/h5-6H,2-4H2,1H3,(H,16,17)(H,13,15,18). The third-order valence-electron chi connectivity index (χ3n) is 2.80. The molecule has 2 rings (SSSR count). The van der Waals surface area contributed by atoms with Crippen molar-refractivity contribution in [1.82, 2.24) is 10.3 Å². The first-order chi connectivity index (χ1) is 8.97. The van der Waals surface area contributed by atoms with Crippen LogP contribution in [0, 0.1) is 0 Å². The number of carbonyl (C=O) groups is 3. The molecule has 0 radical (unpaired) electrons. The molecule has 8 heteroatoms. The number of anilines is 1. The van der Waals surface area contributed by atoms with E-state index in [2.05, 4.69) is 10.3 Å². The highest BCUT2D eigenvalue weighted by Gasteiger charge is 2.31. The van der Waals surface area contributed by atoms with E-state index in [0.29, 0.717) is 17.2 Å². The van der Waals surface area contributed by atoms with Crippen LogP contribution in [0.3, 0.4) is 0 Å². The topological polar surface area (TPSA) is 99.6 Å². The van der Waals surface area contributed by atoms with Crippen LogP contribution in [0.5, 0.6) is 0 Å². The molecule has 0 aromatic carbocycles. The second kappa shape index (κ2) is 5.35. The van der Waals surface area contributed by atoms with Gasteiger partial charge in [-0.05, 0) is 6.92 Å². The molecular formula is C11H13N3O4S. The Bertz CT molecular complexity index is 528. The Hall–Kier alpha value is -1.96. The predicted octanol–water partition coefficient (Wildman–Crippen LogP) is 0.0116. The predicted molar refractivity (Wildman–Crippen MR) is 68.0 cm³/mol. The average molecular weight is 283 g/mol. The van der Waals surface area contributed by atoms with Crippen molar-refractivity contribution in [3.63, 3.8) is 0 Å². The van der Waals surface area contributed by atoms with Crippen LogP contribution in [0.15, 0.2) is 5.38 Å². The summed E-state index contributed by atoms with van der Waals surface area (Å²) in [5.41, 5.74) is 0.660. The third-order valence-corrected chi connectivity index (χ3v) is 3.73. The fourth-order valence-corrected chi connectivity index (χ4v) is 2.67. The van der Waals surface area contributed by atoms with Gasteiger partial charge < -0.3 is 10.0 Å². The SMILES string of the molecule is CC1C(=O)NC(=O)CN1c1nc(CCC(=O)O)cs1. The summed E-state index contributed by atoms with van der Waals surface area (Å²) in [6.07, 6.45) is 0.354. The second-order valence-corrected chi connectivity index (χ2v) is 5.07. The van der Waals surface area contributed by atoms with Gasteiger partial charge in [0, 0.05) is 11.8 Å². The number of aromatic nitrogens is 1. The molecule has 19 heavy (non-hydrogen) atoms. The maximum Gasteiger partial charge on any atom is 0.303 e. The first-order valence-corrected chi connectivity index (χ1v) is 6.62. The van der Waals surface area contributed by atoms with Crippen LogP contribution in [-0.4, -0.2) is 40.5 Å². The van der Waals surface area contributed by atoms with Crippen molar-refractivity contribution in [3.05, 3.63) is 11.1 Å². The molecule has 1 aliphatic rings. The lowest BCUT2D eigenvalue weighted by molar-refractivity contribution is -0.137. The van der Waals surface area contributed by atoms with Crippen molar-refractivity contribution in [3.8, 4) is 0 Å². The van der Waals surface area contributed by atoms with Crippen LogP contribution < -0.4 is 10.2 Å². The van der Waals surface area contributed by atoms with Crippen LogP contribution in [0.1, 0.15) is 19.0 Å². The van der Waals surface area contributed by atoms with E-state index in [1.54, 1.807) is 17.2 Å². The first-order valence-electron chi connectivity index (χ1n) is 5.74. The highest BCUT2D eigenvalue weighted by atomic mass is 32.1. The van der Waals surface area contributed by atoms with Crippen LogP contribution in [-0.2, 0) is 20.8 Å². The van der Waals surface area contributed by atoms with Gasteiger partial charge >= 0.3 is 5.97 Å². The largest absolute Gasteiger partial charge is 0.481 e. The Labute approximate surface area is 113 Å². The molecule has 1 atom stereocenters. The van der Waals surface area contributed by atoms with Crippen molar-refractivity contribution in [1.29, 1.82) is 0 Å². The molecule has 7 nitrogen and oxygen atoms in total. The van der Waals surface area contributed by atoms with Gasteiger partial charge in [0.15, 0.2) is 5.13 Å².